The summed E-state index contributed by atoms with van der Waals surface area (Å²) in [6, 6.07) is 9.70. The van der Waals surface area contributed by atoms with E-state index in [0.717, 1.165) is 18.8 Å². The average molecular weight is 386 g/mol. The van der Waals surface area contributed by atoms with Crippen LogP contribution in [0.25, 0.3) is 0 Å². The minimum absolute atomic E-state index is 0. The summed E-state index contributed by atoms with van der Waals surface area (Å²) in [5, 5.41) is 2.92. The second-order valence-corrected chi connectivity index (χ2v) is 5.91. The smallest absolute Gasteiger partial charge is 0.258 e. The minimum Gasteiger partial charge on any atom is -0.467 e. The summed E-state index contributed by atoms with van der Waals surface area (Å²) in [6.07, 6.45) is 6.50. The highest BCUT2D eigenvalue weighted by Crippen LogP contribution is 2.23. The molecule has 1 fully saturated rings. The fraction of sp³-hybridized carbons (Fsp3) is 0.389. The fourth-order valence-electron chi connectivity index (χ4n) is 2.92. The molecule has 7 heteroatoms. The Hall–Kier alpha value is -1.69. The number of hydrogen-bond donors (Lipinski definition) is 2. The van der Waals surface area contributed by atoms with Crippen LogP contribution < -0.4 is 16.0 Å². The number of benzene rings is 1. The van der Waals surface area contributed by atoms with E-state index in [9.17, 15) is 4.79 Å². The predicted octanol–water partition coefficient (Wildman–Crippen LogP) is 4.21. The number of amides is 1. The van der Waals surface area contributed by atoms with Gasteiger partial charge < -0.3 is 20.4 Å². The maximum absolute atomic E-state index is 12.3. The lowest BCUT2D eigenvalue weighted by atomic mass is 10.2. The molecule has 138 valence electrons. The van der Waals surface area contributed by atoms with Gasteiger partial charge >= 0.3 is 0 Å². The van der Waals surface area contributed by atoms with E-state index >= 15 is 0 Å². The molecular formula is C18H25Cl2N3O2. The van der Waals surface area contributed by atoms with Gasteiger partial charge in [-0.1, -0.05) is 18.9 Å². The number of nitrogens with one attached hydrogen (secondary N) is 1. The molecule has 5 nitrogen and oxygen atoms in total. The first-order chi connectivity index (χ1) is 11.3. The first kappa shape index (κ1) is 21.4. The predicted molar refractivity (Wildman–Crippen MR) is 106 cm³/mol. The highest BCUT2D eigenvalue weighted by atomic mass is 35.5. The largest absolute Gasteiger partial charge is 0.467 e. The molecule has 1 aliphatic heterocycles. The molecule has 0 unspecified atom stereocenters. The van der Waals surface area contributed by atoms with Gasteiger partial charge in [-0.3, -0.25) is 4.79 Å². The normalized spacial score (nSPS) is 14.0. The zero-order valence-electron chi connectivity index (χ0n) is 14.1. The van der Waals surface area contributed by atoms with Gasteiger partial charge in [0.05, 0.1) is 12.1 Å². The van der Waals surface area contributed by atoms with Crippen LogP contribution in [-0.2, 0) is 6.54 Å². The van der Waals surface area contributed by atoms with E-state index in [1.54, 1.807) is 6.07 Å². The fourth-order valence-corrected chi connectivity index (χ4v) is 2.92. The van der Waals surface area contributed by atoms with Crippen molar-refractivity contribution in [1.29, 1.82) is 0 Å². The molecule has 0 spiro atoms. The second-order valence-electron chi connectivity index (χ2n) is 5.91. The third-order valence-electron chi connectivity index (χ3n) is 4.19. The van der Waals surface area contributed by atoms with E-state index in [1.807, 2.05) is 18.2 Å². The third-order valence-corrected chi connectivity index (χ3v) is 4.19. The van der Waals surface area contributed by atoms with Crippen molar-refractivity contribution in [2.45, 2.75) is 32.2 Å². The zero-order chi connectivity index (χ0) is 16.1. The van der Waals surface area contributed by atoms with Crippen LogP contribution in [0.2, 0.25) is 0 Å². The molecule has 1 saturated heterocycles. The molecule has 3 N–H and O–H groups in total. The van der Waals surface area contributed by atoms with Crippen molar-refractivity contribution in [2.75, 3.05) is 23.3 Å². The van der Waals surface area contributed by atoms with Crippen LogP contribution in [0.3, 0.4) is 0 Å². The number of halogens is 2. The van der Waals surface area contributed by atoms with Crippen LogP contribution in [0.1, 0.15) is 41.8 Å². The van der Waals surface area contributed by atoms with Crippen molar-refractivity contribution in [3.63, 3.8) is 0 Å². The van der Waals surface area contributed by atoms with Crippen LogP contribution in [0.15, 0.2) is 41.0 Å². The molecule has 25 heavy (non-hydrogen) atoms. The number of carbonyl (C=O) groups excluding carboxylic acids is 1. The number of carbonyl (C=O) groups is 1. The molecule has 0 radical (unpaired) electrons. The number of furan rings is 1. The van der Waals surface area contributed by atoms with Crippen LogP contribution in [-0.4, -0.2) is 19.0 Å². The van der Waals surface area contributed by atoms with Gasteiger partial charge in [0.25, 0.3) is 5.91 Å². The molecule has 2 aromatic rings. The van der Waals surface area contributed by atoms with E-state index in [1.165, 1.54) is 37.6 Å². The van der Waals surface area contributed by atoms with Crippen LogP contribution in [0.4, 0.5) is 11.4 Å². The molecule has 1 aromatic carbocycles. The number of nitrogens with two attached hydrogens (primary N) is 1. The summed E-state index contributed by atoms with van der Waals surface area (Å²) < 4.78 is 5.21. The van der Waals surface area contributed by atoms with Crippen molar-refractivity contribution < 1.29 is 9.21 Å². The first-order valence-electron chi connectivity index (χ1n) is 8.20. The maximum atomic E-state index is 12.3. The van der Waals surface area contributed by atoms with Crippen molar-refractivity contribution in [1.82, 2.24) is 0 Å². The molecular weight excluding hydrogens is 361 g/mol. The summed E-state index contributed by atoms with van der Waals surface area (Å²) in [7, 11) is 0. The molecule has 0 bridgehead atoms. The Morgan fingerprint density at radius 2 is 1.84 bits per heavy atom. The molecule has 1 aliphatic rings. The van der Waals surface area contributed by atoms with Gasteiger partial charge in [0.1, 0.15) is 12.0 Å². The van der Waals surface area contributed by atoms with Crippen molar-refractivity contribution in [3.8, 4) is 0 Å². The first-order valence-corrected chi connectivity index (χ1v) is 8.20. The Bertz CT molecular complexity index is 668. The topological polar surface area (TPSA) is 71.5 Å². The molecule has 3 rings (SSSR count). The average Bonchev–Trinajstić information content (AvgIpc) is 2.89. The lowest BCUT2D eigenvalue weighted by Crippen LogP contribution is -2.24. The summed E-state index contributed by atoms with van der Waals surface area (Å²) in [4.78, 5) is 14.7. The zero-order valence-corrected chi connectivity index (χ0v) is 15.7. The molecule has 0 atom stereocenters. The van der Waals surface area contributed by atoms with Gasteiger partial charge in [-0.25, -0.2) is 0 Å². The Balaban J connectivity index is 0.00000156. The van der Waals surface area contributed by atoms with Gasteiger partial charge in [-0.15, -0.1) is 24.8 Å². The highest BCUT2D eigenvalue weighted by Gasteiger charge is 2.13. The van der Waals surface area contributed by atoms with Crippen molar-refractivity contribution >= 4 is 42.1 Å². The maximum Gasteiger partial charge on any atom is 0.258 e. The van der Waals surface area contributed by atoms with Crippen LogP contribution >= 0.6 is 24.8 Å². The number of nitrogens with zero attached hydrogens (tertiary/aromatic N) is 1. The lowest BCUT2D eigenvalue weighted by Gasteiger charge is -2.23. The van der Waals surface area contributed by atoms with Gasteiger partial charge in [0.2, 0.25) is 0 Å². The van der Waals surface area contributed by atoms with Gasteiger partial charge in [-0.2, -0.15) is 0 Å². The van der Waals surface area contributed by atoms with Crippen molar-refractivity contribution in [2.24, 2.45) is 5.73 Å². The Morgan fingerprint density at radius 3 is 2.48 bits per heavy atom. The Kier molecular flexibility index (Phi) is 8.83. The van der Waals surface area contributed by atoms with E-state index in [4.69, 9.17) is 10.2 Å². The van der Waals surface area contributed by atoms with E-state index < -0.39 is 0 Å². The Labute approximate surface area is 160 Å². The van der Waals surface area contributed by atoms with Crippen molar-refractivity contribution in [3.05, 3.63) is 47.9 Å². The van der Waals surface area contributed by atoms with E-state index in [2.05, 4.69) is 16.3 Å². The monoisotopic (exact) mass is 385 g/mol. The van der Waals surface area contributed by atoms with Gasteiger partial charge in [-0.05, 0) is 37.1 Å². The third kappa shape index (κ3) is 5.66. The van der Waals surface area contributed by atoms with E-state index in [-0.39, 0.29) is 37.3 Å². The van der Waals surface area contributed by atoms with Gasteiger partial charge in [0, 0.05) is 24.5 Å². The molecule has 0 saturated carbocycles. The number of hydrogen-bond acceptors (Lipinski definition) is 4. The lowest BCUT2D eigenvalue weighted by molar-refractivity contribution is 0.102. The molecule has 0 aliphatic carbocycles. The number of rotatable bonds is 4. The molecule has 1 aromatic heterocycles. The summed E-state index contributed by atoms with van der Waals surface area (Å²) in [5.41, 5.74) is 7.96. The van der Waals surface area contributed by atoms with E-state index in [0.29, 0.717) is 11.3 Å². The quantitative estimate of drug-likeness (QED) is 0.826. The van der Waals surface area contributed by atoms with Crippen LogP contribution in [0, 0.1) is 0 Å². The Morgan fingerprint density at radius 1 is 1.12 bits per heavy atom. The molecule has 2 heterocycles. The number of anilines is 2. The summed E-state index contributed by atoms with van der Waals surface area (Å²) >= 11 is 0. The summed E-state index contributed by atoms with van der Waals surface area (Å²) in [6.45, 7) is 2.45. The SMILES string of the molecule is Cl.Cl.NCc1cc(C(=O)Nc2cccc(N3CCCCCC3)c2)co1. The van der Waals surface area contributed by atoms with Gasteiger partial charge in [0.15, 0.2) is 0 Å². The van der Waals surface area contributed by atoms with Crippen LogP contribution in [0.5, 0.6) is 0 Å². The highest BCUT2D eigenvalue weighted by molar-refractivity contribution is 6.04. The summed E-state index contributed by atoms with van der Waals surface area (Å²) in [5.74, 6) is 0.426. The standard InChI is InChI=1S/C18H23N3O2.2ClH/c19-12-17-10-14(13-23-17)18(22)20-15-6-5-7-16(11-15)21-8-3-1-2-4-9-21;;/h5-7,10-11,13H,1-4,8-9,12,19H2,(H,20,22);2*1H. The molecule has 1 amide bonds. The second kappa shape index (κ2) is 10.3. The minimum atomic E-state index is -0.179.